The number of imidazole rings is 1. The molecule has 0 saturated carbocycles. The van der Waals surface area contributed by atoms with Gasteiger partial charge >= 0.3 is 0 Å². The van der Waals surface area contributed by atoms with Gasteiger partial charge in [0.25, 0.3) is 0 Å². The summed E-state index contributed by atoms with van der Waals surface area (Å²) in [7, 11) is 1.61. The van der Waals surface area contributed by atoms with Crippen LogP contribution in [0.5, 0.6) is 5.75 Å². The molecule has 9 nitrogen and oxygen atoms in total. The van der Waals surface area contributed by atoms with Gasteiger partial charge in [0.2, 0.25) is 0 Å². The third-order valence-corrected chi connectivity index (χ3v) is 6.06. The predicted molar refractivity (Wildman–Crippen MR) is 119 cm³/mol. The molecule has 3 N–H and O–H groups in total. The molecule has 3 heterocycles. The lowest BCUT2D eigenvalue weighted by Crippen LogP contribution is -2.39. The molecular weight excluding hydrogens is 420 g/mol. The monoisotopic (exact) mass is 446 g/mol. The van der Waals surface area contributed by atoms with E-state index in [1.54, 1.807) is 13.4 Å². The van der Waals surface area contributed by atoms with Crippen LogP contribution >= 0.6 is 11.6 Å². The van der Waals surface area contributed by atoms with Gasteiger partial charge in [-0.15, -0.1) is 0 Å². The minimum absolute atomic E-state index is 0.205. The van der Waals surface area contributed by atoms with Crippen molar-refractivity contribution in [2.45, 2.75) is 26.0 Å². The van der Waals surface area contributed by atoms with Crippen molar-refractivity contribution in [2.24, 2.45) is 0 Å². The lowest BCUT2D eigenvalue weighted by molar-refractivity contribution is 0.0138. The summed E-state index contributed by atoms with van der Waals surface area (Å²) < 4.78 is 11.2. The second-order valence-electron chi connectivity index (χ2n) is 7.64. The summed E-state index contributed by atoms with van der Waals surface area (Å²) in [5.74, 6) is 1.25. The highest BCUT2D eigenvalue weighted by Crippen LogP contribution is 2.40. The maximum Gasteiger partial charge on any atom is 0.182 e. The highest BCUT2D eigenvalue weighted by Gasteiger charge is 2.26. The Hall–Kier alpha value is -2.46. The lowest BCUT2D eigenvalue weighted by Gasteiger charge is -2.30. The second-order valence-corrected chi connectivity index (χ2v) is 8.04. The molecule has 31 heavy (non-hydrogen) atoms. The number of aliphatic hydroxyl groups is 1. The third-order valence-electron chi connectivity index (χ3n) is 5.67. The van der Waals surface area contributed by atoms with E-state index in [4.69, 9.17) is 21.1 Å². The normalized spacial score (nSPS) is 16.9. The maximum absolute atomic E-state index is 11.1. The van der Waals surface area contributed by atoms with Crippen LogP contribution in [0.1, 0.15) is 35.8 Å². The molecule has 3 aromatic rings. The largest absolute Gasteiger partial charge is 0.496 e. The average molecular weight is 447 g/mol. The van der Waals surface area contributed by atoms with E-state index in [9.17, 15) is 5.11 Å². The van der Waals surface area contributed by atoms with Gasteiger partial charge in [-0.2, -0.15) is 0 Å². The summed E-state index contributed by atoms with van der Waals surface area (Å²) in [6.45, 7) is 7.31. The Morgan fingerprint density at radius 1 is 1.32 bits per heavy atom. The summed E-state index contributed by atoms with van der Waals surface area (Å²) in [5, 5.41) is 15.1. The van der Waals surface area contributed by atoms with Gasteiger partial charge in [0, 0.05) is 35.8 Å². The molecule has 1 aliphatic rings. The van der Waals surface area contributed by atoms with E-state index in [1.165, 1.54) is 6.33 Å². The van der Waals surface area contributed by atoms with Crippen LogP contribution < -0.4 is 10.1 Å². The molecule has 0 amide bonds. The Balaban J connectivity index is 1.66. The summed E-state index contributed by atoms with van der Waals surface area (Å²) in [6, 6.07) is 1.67. The molecule has 1 saturated heterocycles. The van der Waals surface area contributed by atoms with Gasteiger partial charge in [0.15, 0.2) is 11.5 Å². The van der Waals surface area contributed by atoms with E-state index >= 15 is 0 Å². The number of benzene rings is 1. The van der Waals surface area contributed by atoms with Crippen molar-refractivity contribution in [2.75, 3.05) is 45.3 Å². The first-order valence-corrected chi connectivity index (χ1v) is 10.6. The molecule has 2 unspecified atom stereocenters. The van der Waals surface area contributed by atoms with Crippen LogP contribution in [0.3, 0.4) is 0 Å². The van der Waals surface area contributed by atoms with Gasteiger partial charge in [0.05, 0.1) is 38.8 Å². The first kappa shape index (κ1) is 21.8. The van der Waals surface area contributed by atoms with Crippen molar-refractivity contribution in [1.82, 2.24) is 24.8 Å². The summed E-state index contributed by atoms with van der Waals surface area (Å²) in [6.07, 6.45) is 2.31. The Morgan fingerprint density at radius 3 is 2.84 bits per heavy atom. The third kappa shape index (κ3) is 4.45. The summed E-state index contributed by atoms with van der Waals surface area (Å²) >= 11 is 6.59. The number of H-pyrrole nitrogens is 1. The van der Waals surface area contributed by atoms with E-state index in [0.717, 1.165) is 29.7 Å². The summed E-state index contributed by atoms with van der Waals surface area (Å²) in [5.41, 5.74) is 3.66. The molecule has 1 fully saturated rings. The fraction of sp³-hybridized carbons (Fsp3) is 0.476. The summed E-state index contributed by atoms with van der Waals surface area (Å²) in [4.78, 5) is 17.9. The zero-order valence-electron chi connectivity index (χ0n) is 17.9. The molecule has 2 aromatic heterocycles. The first-order chi connectivity index (χ1) is 15.0. The number of halogens is 1. The lowest BCUT2D eigenvalue weighted by atomic mass is 9.94. The van der Waals surface area contributed by atoms with Gasteiger partial charge in [-0.1, -0.05) is 11.6 Å². The van der Waals surface area contributed by atoms with Gasteiger partial charge in [0.1, 0.15) is 17.6 Å². The number of aromatic nitrogens is 4. The number of β-amino-alcohol motifs (C(OH)–C–C–N with tert-alkyl or cyclic N) is 1. The number of rotatable bonds is 7. The number of aliphatic hydroxyl groups excluding tert-OH is 1. The minimum atomic E-state index is -0.740. The Morgan fingerprint density at radius 2 is 2.10 bits per heavy atom. The van der Waals surface area contributed by atoms with Crippen LogP contribution in [0.15, 0.2) is 18.7 Å². The zero-order valence-corrected chi connectivity index (χ0v) is 18.6. The zero-order chi connectivity index (χ0) is 22.0. The Labute approximate surface area is 185 Å². The molecule has 166 valence electrons. The number of aromatic amines is 1. The van der Waals surface area contributed by atoms with Gasteiger partial charge in [-0.3, -0.25) is 4.90 Å². The molecule has 0 spiro atoms. The number of fused-ring (bicyclic) bond motifs is 1. The number of ether oxygens (including phenoxy) is 2. The minimum Gasteiger partial charge on any atom is -0.496 e. The van der Waals surface area contributed by atoms with Crippen LogP contribution in [0.25, 0.3) is 11.2 Å². The molecular formula is C21H27ClN6O3. The molecule has 1 aliphatic heterocycles. The van der Waals surface area contributed by atoms with E-state index in [-0.39, 0.29) is 6.04 Å². The van der Waals surface area contributed by atoms with Crippen LogP contribution in [0.2, 0.25) is 5.02 Å². The fourth-order valence-corrected chi connectivity index (χ4v) is 4.21. The molecule has 2 atom stereocenters. The number of hydrogen-bond donors (Lipinski definition) is 3. The fourth-order valence-electron chi connectivity index (χ4n) is 3.99. The second kappa shape index (κ2) is 9.35. The molecule has 1 aromatic carbocycles. The molecule has 4 rings (SSSR count). The van der Waals surface area contributed by atoms with Crippen LogP contribution in [0, 0.1) is 6.92 Å². The standard InChI is InChI=1S/C21H27ClN6O3/c1-12-15(22)8-14(13(2)27-21-18-20(24-10-23-18)25-11-26-21)19(30-3)17(12)16(29)9-28-4-6-31-7-5-28/h8,10-11,13,16,29H,4-7,9H2,1-3H3,(H2,23,24,25,26,27). The van der Waals surface area contributed by atoms with Gasteiger partial charge < -0.3 is 24.9 Å². The Kier molecular flexibility index (Phi) is 6.57. The van der Waals surface area contributed by atoms with E-state index < -0.39 is 6.10 Å². The van der Waals surface area contributed by atoms with Crippen molar-refractivity contribution in [3.8, 4) is 5.75 Å². The van der Waals surface area contributed by atoms with Crippen LogP contribution in [-0.4, -0.2) is 69.9 Å². The number of anilines is 1. The van der Waals surface area contributed by atoms with Crippen molar-refractivity contribution < 1.29 is 14.6 Å². The highest BCUT2D eigenvalue weighted by atomic mass is 35.5. The first-order valence-electron chi connectivity index (χ1n) is 10.2. The van der Waals surface area contributed by atoms with Crippen LogP contribution in [0.4, 0.5) is 5.82 Å². The van der Waals surface area contributed by atoms with Crippen molar-refractivity contribution in [1.29, 1.82) is 0 Å². The van der Waals surface area contributed by atoms with Crippen LogP contribution in [-0.2, 0) is 4.74 Å². The average Bonchev–Trinajstić information content (AvgIpc) is 3.25. The molecule has 10 heteroatoms. The number of morpholine rings is 1. The maximum atomic E-state index is 11.1. The number of methoxy groups -OCH3 is 1. The van der Waals surface area contributed by atoms with Crippen molar-refractivity contribution in [3.63, 3.8) is 0 Å². The number of hydrogen-bond acceptors (Lipinski definition) is 8. The predicted octanol–water partition coefficient (Wildman–Crippen LogP) is 2.86. The Bertz CT molecular complexity index is 1050. The van der Waals surface area contributed by atoms with E-state index in [0.29, 0.717) is 47.6 Å². The molecule has 0 aliphatic carbocycles. The van der Waals surface area contributed by atoms with Crippen molar-refractivity contribution >= 4 is 28.6 Å². The topological polar surface area (TPSA) is 108 Å². The van der Waals surface area contributed by atoms with E-state index in [2.05, 4.69) is 30.2 Å². The number of nitrogens with one attached hydrogen (secondary N) is 2. The smallest absolute Gasteiger partial charge is 0.182 e. The SMILES string of the molecule is COc1c(C(C)Nc2ncnc3nc[nH]c23)cc(Cl)c(C)c1C(O)CN1CCOCC1. The molecule has 0 radical (unpaired) electrons. The highest BCUT2D eigenvalue weighted by molar-refractivity contribution is 6.31. The van der Waals surface area contributed by atoms with Gasteiger partial charge in [-0.25, -0.2) is 15.0 Å². The van der Waals surface area contributed by atoms with Crippen molar-refractivity contribution in [3.05, 3.63) is 40.4 Å². The number of nitrogens with zero attached hydrogens (tertiary/aromatic N) is 4. The van der Waals surface area contributed by atoms with E-state index in [1.807, 2.05) is 19.9 Å². The quantitative estimate of drug-likeness (QED) is 0.508. The molecule has 0 bridgehead atoms. The van der Waals surface area contributed by atoms with Gasteiger partial charge in [-0.05, 0) is 25.5 Å².